The van der Waals surface area contributed by atoms with Crippen molar-refractivity contribution in [3.63, 3.8) is 0 Å². The summed E-state index contributed by atoms with van der Waals surface area (Å²) in [6.07, 6.45) is 0. The summed E-state index contributed by atoms with van der Waals surface area (Å²) in [5.74, 6) is 4.35. The first-order valence-electron chi connectivity index (χ1n) is 4.15. The van der Waals surface area contributed by atoms with Crippen molar-refractivity contribution in [2.24, 2.45) is 5.90 Å². The fraction of sp³-hybridized carbons (Fsp3) is 0.222. The second-order valence-corrected chi connectivity index (χ2v) is 2.52. The van der Waals surface area contributed by atoms with Gasteiger partial charge >= 0.3 is 5.97 Å². The summed E-state index contributed by atoms with van der Waals surface area (Å²) in [5, 5.41) is 0. The first-order valence-corrected chi connectivity index (χ1v) is 4.15. The number of benzene rings is 1. The number of hydrogen-bond acceptors (Lipinski definition) is 5. The third-order valence-corrected chi connectivity index (χ3v) is 1.50. The van der Waals surface area contributed by atoms with E-state index in [1.165, 1.54) is 0 Å². The van der Waals surface area contributed by atoms with Crippen LogP contribution in [0.1, 0.15) is 10.4 Å². The number of nitrogens with one attached hydrogen (secondary N) is 1. The Labute approximate surface area is 81.7 Å². The third kappa shape index (κ3) is 3.53. The van der Waals surface area contributed by atoms with Crippen molar-refractivity contribution in [1.29, 1.82) is 0 Å². The average Bonchev–Trinajstić information content (AvgIpc) is 2.25. The number of hydrogen-bond donors (Lipinski definition) is 2. The average molecular weight is 196 g/mol. The van der Waals surface area contributed by atoms with Crippen LogP contribution in [-0.2, 0) is 9.68 Å². The maximum atomic E-state index is 11.3. The SMILES string of the molecule is NOCCNOC(=O)c1ccccc1. The van der Waals surface area contributed by atoms with Gasteiger partial charge < -0.3 is 9.68 Å². The van der Waals surface area contributed by atoms with Crippen LogP contribution in [0.25, 0.3) is 0 Å². The predicted octanol–water partition coefficient (Wildman–Crippen LogP) is 0.238. The number of rotatable bonds is 5. The largest absolute Gasteiger partial charge is 0.367 e. The van der Waals surface area contributed by atoms with Crippen molar-refractivity contribution < 1.29 is 14.5 Å². The molecule has 1 aromatic carbocycles. The highest BCUT2D eigenvalue weighted by Crippen LogP contribution is 1.99. The minimum atomic E-state index is -0.428. The molecule has 0 aliphatic rings. The van der Waals surface area contributed by atoms with Crippen molar-refractivity contribution in [3.8, 4) is 0 Å². The maximum absolute atomic E-state index is 11.3. The summed E-state index contributed by atoms with van der Waals surface area (Å²) in [6.45, 7) is 0.636. The van der Waals surface area contributed by atoms with E-state index in [0.29, 0.717) is 12.1 Å². The van der Waals surface area contributed by atoms with Crippen molar-refractivity contribution in [2.75, 3.05) is 13.2 Å². The molecule has 76 valence electrons. The zero-order valence-electron chi connectivity index (χ0n) is 7.60. The molecule has 3 N–H and O–H groups in total. The fourth-order valence-electron chi connectivity index (χ4n) is 0.850. The lowest BCUT2D eigenvalue weighted by molar-refractivity contribution is 0.0175. The second-order valence-electron chi connectivity index (χ2n) is 2.52. The molecule has 0 radical (unpaired) electrons. The van der Waals surface area contributed by atoms with Gasteiger partial charge in [-0.1, -0.05) is 18.2 Å². The molecule has 0 aliphatic heterocycles. The van der Waals surface area contributed by atoms with Crippen LogP contribution in [0.15, 0.2) is 30.3 Å². The molecule has 5 heteroatoms. The van der Waals surface area contributed by atoms with E-state index in [1.54, 1.807) is 24.3 Å². The van der Waals surface area contributed by atoms with Crippen molar-refractivity contribution in [3.05, 3.63) is 35.9 Å². The summed E-state index contributed by atoms with van der Waals surface area (Å²) in [5.41, 5.74) is 2.92. The van der Waals surface area contributed by atoms with E-state index >= 15 is 0 Å². The maximum Gasteiger partial charge on any atom is 0.356 e. The van der Waals surface area contributed by atoms with Gasteiger partial charge in [-0.2, -0.15) is 5.48 Å². The van der Waals surface area contributed by atoms with E-state index in [2.05, 4.69) is 10.3 Å². The van der Waals surface area contributed by atoms with Crippen LogP contribution in [-0.4, -0.2) is 19.1 Å². The minimum Gasteiger partial charge on any atom is -0.367 e. The van der Waals surface area contributed by atoms with Gasteiger partial charge in [-0.05, 0) is 12.1 Å². The van der Waals surface area contributed by atoms with E-state index in [9.17, 15) is 4.79 Å². The van der Waals surface area contributed by atoms with Gasteiger partial charge in [0.05, 0.1) is 18.7 Å². The third-order valence-electron chi connectivity index (χ3n) is 1.50. The minimum absolute atomic E-state index is 0.280. The molecular formula is C9H12N2O3. The number of carbonyl (C=O) groups excluding carboxylic acids is 1. The van der Waals surface area contributed by atoms with E-state index in [-0.39, 0.29) is 6.61 Å². The molecule has 0 unspecified atom stereocenters. The van der Waals surface area contributed by atoms with Crippen molar-refractivity contribution in [2.45, 2.75) is 0 Å². The zero-order valence-corrected chi connectivity index (χ0v) is 7.60. The Hall–Kier alpha value is -1.43. The summed E-state index contributed by atoms with van der Waals surface area (Å²) in [4.78, 5) is 20.2. The van der Waals surface area contributed by atoms with Gasteiger partial charge in [-0.25, -0.2) is 10.7 Å². The van der Waals surface area contributed by atoms with Crippen LogP contribution in [0.5, 0.6) is 0 Å². The molecule has 14 heavy (non-hydrogen) atoms. The molecule has 0 saturated carbocycles. The normalized spacial score (nSPS) is 9.79. The van der Waals surface area contributed by atoms with Gasteiger partial charge in [-0.15, -0.1) is 0 Å². The standard InChI is InChI=1S/C9H12N2O3/c10-13-7-6-11-14-9(12)8-4-2-1-3-5-8/h1-5,11H,6-7,10H2. The lowest BCUT2D eigenvalue weighted by atomic mass is 10.2. The highest BCUT2D eigenvalue weighted by Gasteiger charge is 2.04. The van der Waals surface area contributed by atoms with Gasteiger partial charge in [0.2, 0.25) is 0 Å². The van der Waals surface area contributed by atoms with Crippen LogP contribution in [0.4, 0.5) is 0 Å². The number of nitrogens with two attached hydrogens (primary N) is 1. The van der Waals surface area contributed by atoms with Gasteiger partial charge in [0.15, 0.2) is 0 Å². The van der Waals surface area contributed by atoms with Crippen molar-refractivity contribution >= 4 is 5.97 Å². The van der Waals surface area contributed by atoms with E-state index in [0.717, 1.165) is 0 Å². The zero-order chi connectivity index (χ0) is 10.2. The Morgan fingerprint density at radius 1 is 1.36 bits per heavy atom. The van der Waals surface area contributed by atoms with E-state index < -0.39 is 5.97 Å². The Kier molecular flexibility index (Phi) is 4.63. The van der Waals surface area contributed by atoms with Gasteiger partial charge in [-0.3, -0.25) is 0 Å². The first-order chi connectivity index (χ1) is 6.84. The second kappa shape index (κ2) is 6.09. The first kappa shape index (κ1) is 10.6. The van der Waals surface area contributed by atoms with Gasteiger partial charge in [0.25, 0.3) is 0 Å². The Morgan fingerprint density at radius 3 is 2.71 bits per heavy atom. The molecule has 1 rings (SSSR count). The van der Waals surface area contributed by atoms with Crippen LogP contribution in [0, 0.1) is 0 Å². The molecular weight excluding hydrogens is 184 g/mol. The molecule has 0 heterocycles. The molecule has 0 aliphatic carbocycles. The highest BCUT2D eigenvalue weighted by molar-refractivity contribution is 5.89. The topological polar surface area (TPSA) is 73.6 Å². The molecule has 0 fully saturated rings. The lowest BCUT2D eigenvalue weighted by Crippen LogP contribution is -2.24. The van der Waals surface area contributed by atoms with Crippen LogP contribution >= 0.6 is 0 Å². The molecule has 0 spiro atoms. The van der Waals surface area contributed by atoms with E-state index in [1.807, 2.05) is 6.07 Å². The molecule has 1 aromatic rings. The van der Waals surface area contributed by atoms with E-state index in [4.69, 9.17) is 10.7 Å². The monoisotopic (exact) mass is 196 g/mol. The Balaban J connectivity index is 2.29. The summed E-state index contributed by atoms with van der Waals surface area (Å²) >= 11 is 0. The summed E-state index contributed by atoms with van der Waals surface area (Å²) < 4.78 is 0. The predicted molar refractivity (Wildman–Crippen MR) is 50.0 cm³/mol. The molecule has 0 bridgehead atoms. The van der Waals surface area contributed by atoms with Crippen LogP contribution in [0.2, 0.25) is 0 Å². The molecule has 0 aromatic heterocycles. The number of carbonyl (C=O) groups is 1. The van der Waals surface area contributed by atoms with Gasteiger partial charge in [0.1, 0.15) is 0 Å². The smallest absolute Gasteiger partial charge is 0.356 e. The fourth-order valence-corrected chi connectivity index (χ4v) is 0.850. The van der Waals surface area contributed by atoms with Gasteiger partial charge in [0, 0.05) is 0 Å². The summed E-state index contributed by atoms with van der Waals surface area (Å²) in [7, 11) is 0. The lowest BCUT2D eigenvalue weighted by Gasteiger charge is -2.04. The molecule has 0 amide bonds. The molecule has 0 saturated heterocycles. The summed E-state index contributed by atoms with van der Waals surface area (Å²) in [6, 6.07) is 8.69. The Bertz CT molecular complexity index is 277. The number of hydroxylamine groups is 1. The van der Waals surface area contributed by atoms with Crippen LogP contribution in [0.3, 0.4) is 0 Å². The van der Waals surface area contributed by atoms with Crippen LogP contribution < -0.4 is 11.4 Å². The molecule has 5 nitrogen and oxygen atoms in total. The quantitative estimate of drug-likeness (QED) is 0.521. The van der Waals surface area contributed by atoms with Crippen molar-refractivity contribution in [1.82, 2.24) is 5.48 Å². The molecule has 0 atom stereocenters. The Morgan fingerprint density at radius 2 is 2.07 bits per heavy atom. The highest BCUT2D eigenvalue weighted by atomic mass is 16.7.